The van der Waals surface area contributed by atoms with Gasteiger partial charge in [0.15, 0.2) is 0 Å². The van der Waals surface area contributed by atoms with Crippen LogP contribution in [0.2, 0.25) is 0 Å². The van der Waals surface area contributed by atoms with Crippen LogP contribution >= 0.6 is 0 Å². The average molecular weight is 598 g/mol. The highest BCUT2D eigenvalue weighted by atomic mass is 32.2. The summed E-state index contributed by atoms with van der Waals surface area (Å²) >= 11 is 0. The zero-order chi connectivity index (χ0) is 30.4. The Labute approximate surface area is 237 Å². The van der Waals surface area contributed by atoms with Crippen molar-refractivity contribution in [1.29, 1.82) is 0 Å². The van der Waals surface area contributed by atoms with E-state index in [0.717, 1.165) is 43.4 Å². The van der Waals surface area contributed by atoms with Crippen LogP contribution in [0.25, 0.3) is 0 Å². The number of carbonyl (C=O) groups excluding carboxylic acids is 2. The van der Waals surface area contributed by atoms with Gasteiger partial charge in [-0.3, -0.25) is 14.3 Å². The van der Waals surface area contributed by atoms with Crippen LogP contribution in [0.15, 0.2) is 53.4 Å². The number of aliphatic carboxylic acids is 1. The third-order valence-corrected chi connectivity index (χ3v) is 8.43. The number of carbonyl (C=O) groups is 3. The van der Waals surface area contributed by atoms with Gasteiger partial charge in [0.05, 0.1) is 10.3 Å². The number of alkyl halides is 3. The molecule has 2 aromatic carbocycles. The van der Waals surface area contributed by atoms with Gasteiger partial charge in [-0.1, -0.05) is 38.1 Å². The molecule has 0 unspecified atom stereocenters. The van der Waals surface area contributed by atoms with E-state index in [-0.39, 0.29) is 16.7 Å². The number of benzene rings is 2. The number of hydrogen-bond acceptors (Lipinski definition) is 5. The lowest BCUT2D eigenvalue weighted by atomic mass is 9.95. The molecule has 0 atom stereocenters. The van der Waals surface area contributed by atoms with E-state index < -0.39 is 27.6 Å². The summed E-state index contributed by atoms with van der Waals surface area (Å²) in [5.74, 6) is -2.22. The topological polar surface area (TPSA) is 133 Å². The first-order chi connectivity index (χ1) is 19.2. The van der Waals surface area contributed by atoms with Gasteiger partial charge < -0.3 is 15.3 Å². The van der Waals surface area contributed by atoms with E-state index in [9.17, 15) is 31.2 Å². The zero-order valence-electron chi connectivity index (χ0n) is 22.8. The summed E-state index contributed by atoms with van der Waals surface area (Å²) in [6, 6.07) is 14.0. The normalized spacial score (nSPS) is 16.1. The van der Waals surface area contributed by atoms with Gasteiger partial charge in [-0.05, 0) is 67.0 Å². The van der Waals surface area contributed by atoms with Crippen molar-refractivity contribution in [2.45, 2.75) is 68.4 Å². The summed E-state index contributed by atoms with van der Waals surface area (Å²) in [4.78, 5) is 35.5. The van der Waals surface area contributed by atoms with Gasteiger partial charge in [-0.2, -0.15) is 13.2 Å². The SMILES string of the molecule is CC(C)c1ccc(S(=O)(=O)Nc2ccc(C3(C(=O)NCCCN4CCCC4=O)CC3)cc2)cc1.O=C(O)C(F)(F)F. The first-order valence-corrected chi connectivity index (χ1v) is 14.7. The molecular weight excluding hydrogens is 563 g/mol. The number of rotatable bonds is 10. The lowest BCUT2D eigenvalue weighted by Crippen LogP contribution is -2.36. The number of nitrogens with zero attached hydrogens (tertiary/aromatic N) is 1. The van der Waals surface area contributed by atoms with E-state index in [1.807, 2.05) is 29.2 Å². The zero-order valence-corrected chi connectivity index (χ0v) is 23.6. The van der Waals surface area contributed by atoms with Crippen molar-refractivity contribution in [3.63, 3.8) is 0 Å². The van der Waals surface area contributed by atoms with E-state index in [1.165, 1.54) is 0 Å². The largest absolute Gasteiger partial charge is 0.490 e. The van der Waals surface area contributed by atoms with Crippen molar-refractivity contribution in [2.75, 3.05) is 24.4 Å². The van der Waals surface area contributed by atoms with Gasteiger partial charge in [-0.25, -0.2) is 13.2 Å². The Balaban J connectivity index is 0.000000587. The quantitative estimate of drug-likeness (QED) is 0.348. The number of hydrogen-bond donors (Lipinski definition) is 3. The van der Waals surface area contributed by atoms with E-state index >= 15 is 0 Å². The van der Waals surface area contributed by atoms with Gasteiger partial charge in [0, 0.05) is 31.7 Å². The van der Waals surface area contributed by atoms with Crippen LogP contribution < -0.4 is 10.0 Å². The summed E-state index contributed by atoms with van der Waals surface area (Å²) in [5.41, 5.74) is 1.90. The molecule has 2 aliphatic rings. The molecule has 1 saturated carbocycles. The number of sulfonamides is 1. The fourth-order valence-corrected chi connectivity index (χ4v) is 5.52. The van der Waals surface area contributed by atoms with Gasteiger partial charge in [0.1, 0.15) is 0 Å². The molecule has 0 spiro atoms. The lowest BCUT2D eigenvalue weighted by Gasteiger charge is -2.18. The number of carboxylic acid groups (broad SMARTS) is 1. The van der Waals surface area contributed by atoms with Crippen LogP contribution in [0.5, 0.6) is 0 Å². The molecule has 1 heterocycles. The highest BCUT2D eigenvalue weighted by molar-refractivity contribution is 7.92. The van der Waals surface area contributed by atoms with E-state index in [1.54, 1.807) is 24.3 Å². The number of nitrogens with one attached hydrogen (secondary N) is 2. The van der Waals surface area contributed by atoms with Crippen LogP contribution in [0.3, 0.4) is 0 Å². The Morgan fingerprint density at radius 1 is 1.05 bits per heavy atom. The van der Waals surface area contributed by atoms with Crippen molar-refractivity contribution in [1.82, 2.24) is 10.2 Å². The summed E-state index contributed by atoms with van der Waals surface area (Å²) in [5, 5.41) is 10.1. The van der Waals surface area contributed by atoms with Gasteiger partial charge >= 0.3 is 12.1 Å². The molecule has 4 rings (SSSR count). The van der Waals surface area contributed by atoms with Gasteiger partial charge in [-0.15, -0.1) is 0 Å². The maximum absolute atomic E-state index is 12.9. The van der Waals surface area contributed by atoms with Crippen molar-refractivity contribution >= 4 is 33.5 Å². The number of amides is 2. The number of anilines is 1. The molecule has 2 fully saturated rings. The molecule has 1 saturated heterocycles. The summed E-state index contributed by atoms with van der Waals surface area (Å²) in [7, 11) is -3.69. The Hall–Kier alpha value is -3.61. The first kappa shape index (κ1) is 31.9. The Morgan fingerprint density at radius 3 is 2.10 bits per heavy atom. The smallest absolute Gasteiger partial charge is 0.475 e. The number of likely N-dealkylation sites (tertiary alicyclic amines) is 1. The van der Waals surface area contributed by atoms with Crippen LogP contribution in [-0.2, 0) is 29.8 Å². The summed E-state index contributed by atoms with van der Waals surface area (Å²) < 4.78 is 59.9. The fraction of sp³-hybridized carbons (Fsp3) is 0.464. The minimum Gasteiger partial charge on any atom is -0.475 e. The number of carboxylic acids is 1. The molecular formula is C28H34F3N3O6S. The van der Waals surface area contributed by atoms with Crippen molar-refractivity contribution in [3.05, 3.63) is 59.7 Å². The summed E-state index contributed by atoms with van der Waals surface area (Å²) in [6.45, 7) is 6.16. The second-order valence-corrected chi connectivity index (χ2v) is 12.1. The van der Waals surface area contributed by atoms with Crippen LogP contribution in [-0.4, -0.2) is 62.0 Å². The Bertz CT molecular complexity index is 1340. The molecule has 2 aromatic rings. The average Bonchev–Trinajstić information content (AvgIpc) is 3.62. The third kappa shape index (κ3) is 8.44. The standard InChI is InChI=1S/C26H33N3O4S.C2HF3O2/c1-19(2)20-6-12-23(13-7-20)34(32,33)28-22-10-8-21(9-11-22)26(14-15-26)25(31)27-16-4-18-29-17-3-5-24(29)30;3-2(4,5)1(6)7/h6-13,19,28H,3-5,14-18H2,1-2H3,(H,27,31);(H,6,7). The Morgan fingerprint density at radius 2 is 1.63 bits per heavy atom. The first-order valence-electron chi connectivity index (χ1n) is 13.3. The minimum absolute atomic E-state index is 0.00109. The second-order valence-electron chi connectivity index (χ2n) is 10.4. The monoisotopic (exact) mass is 597 g/mol. The molecule has 13 heteroatoms. The van der Waals surface area contributed by atoms with E-state index in [2.05, 4.69) is 23.9 Å². The molecule has 1 aliphatic heterocycles. The molecule has 2 amide bonds. The van der Waals surface area contributed by atoms with Crippen molar-refractivity contribution < 1.29 is 41.1 Å². The third-order valence-electron chi connectivity index (χ3n) is 7.04. The van der Waals surface area contributed by atoms with Gasteiger partial charge in [0.2, 0.25) is 11.8 Å². The van der Waals surface area contributed by atoms with Crippen molar-refractivity contribution in [2.24, 2.45) is 0 Å². The highest BCUT2D eigenvalue weighted by Crippen LogP contribution is 2.48. The predicted molar refractivity (Wildman–Crippen MR) is 146 cm³/mol. The molecule has 0 radical (unpaired) electrons. The molecule has 3 N–H and O–H groups in total. The molecule has 0 aromatic heterocycles. The maximum Gasteiger partial charge on any atom is 0.490 e. The fourth-order valence-electron chi connectivity index (χ4n) is 4.46. The summed E-state index contributed by atoms with van der Waals surface area (Å²) in [6.07, 6.45) is -1.24. The molecule has 0 bridgehead atoms. The predicted octanol–water partition coefficient (Wildman–Crippen LogP) is 4.40. The van der Waals surface area contributed by atoms with Crippen LogP contribution in [0.1, 0.15) is 63.0 Å². The van der Waals surface area contributed by atoms with Crippen LogP contribution in [0, 0.1) is 0 Å². The molecule has 9 nitrogen and oxygen atoms in total. The molecule has 1 aliphatic carbocycles. The van der Waals surface area contributed by atoms with Crippen LogP contribution in [0.4, 0.5) is 18.9 Å². The van der Waals surface area contributed by atoms with E-state index in [0.29, 0.717) is 31.1 Å². The number of halogens is 3. The highest BCUT2D eigenvalue weighted by Gasteiger charge is 2.51. The second kappa shape index (κ2) is 12.9. The van der Waals surface area contributed by atoms with Gasteiger partial charge in [0.25, 0.3) is 10.0 Å². The minimum atomic E-state index is -5.08. The van der Waals surface area contributed by atoms with Crippen molar-refractivity contribution in [3.8, 4) is 0 Å². The molecule has 41 heavy (non-hydrogen) atoms. The Kier molecular flexibility index (Phi) is 10.1. The van der Waals surface area contributed by atoms with E-state index in [4.69, 9.17) is 9.90 Å². The lowest BCUT2D eigenvalue weighted by molar-refractivity contribution is -0.192. The maximum atomic E-state index is 12.9. The molecule has 224 valence electrons.